The molecule has 5 heteroatoms. The predicted octanol–water partition coefficient (Wildman–Crippen LogP) is 0.733. The van der Waals surface area contributed by atoms with Crippen LogP contribution in [0, 0.1) is 0 Å². The molecule has 2 aromatic heterocycles. The Kier molecular flexibility index (Phi) is 2.73. The number of hydrogen-bond donors (Lipinski definition) is 0. The van der Waals surface area contributed by atoms with Crippen molar-refractivity contribution in [1.82, 2.24) is 15.0 Å². The fraction of sp³-hybridized carbons (Fsp3) is 0. The molecular formula is C9H7AlN3O. The average molecular weight is 200 g/mol. The molecule has 2 aromatic rings. The Hall–Kier alpha value is -1.44. The normalized spacial score (nSPS) is 9.71. The van der Waals surface area contributed by atoms with E-state index in [0.717, 1.165) is 17.0 Å². The summed E-state index contributed by atoms with van der Waals surface area (Å²) in [6.07, 6.45) is 6.61. The molecule has 0 N–H and O–H groups in total. The lowest BCUT2D eigenvalue weighted by Crippen LogP contribution is -1.92. The summed E-state index contributed by atoms with van der Waals surface area (Å²) in [4.78, 5) is 12.0. The number of aromatic nitrogens is 3. The first-order chi connectivity index (χ1) is 6.92. The highest BCUT2D eigenvalue weighted by Gasteiger charge is 2.04. The van der Waals surface area contributed by atoms with E-state index in [9.17, 15) is 0 Å². The minimum atomic E-state index is 0.775. The molecule has 14 heavy (non-hydrogen) atoms. The smallest absolute Gasteiger partial charge is 0.494 e. The molecule has 67 valence electrons. The van der Waals surface area contributed by atoms with E-state index in [1.807, 2.05) is 12.1 Å². The van der Waals surface area contributed by atoms with Crippen LogP contribution in [0.25, 0.3) is 11.3 Å². The van der Waals surface area contributed by atoms with Crippen molar-refractivity contribution < 1.29 is 3.79 Å². The van der Waals surface area contributed by atoms with Gasteiger partial charge in [0.2, 0.25) is 0 Å². The van der Waals surface area contributed by atoms with E-state index in [0.29, 0.717) is 0 Å². The van der Waals surface area contributed by atoms with E-state index < -0.39 is 0 Å². The van der Waals surface area contributed by atoms with Crippen LogP contribution in [0.4, 0.5) is 0 Å². The Morgan fingerprint density at radius 1 is 1.14 bits per heavy atom. The Bertz CT molecular complexity index is 421. The largest absolute Gasteiger partial charge is 0.650 e. The van der Waals surface area contributed by atoms with Crippen molar-refractivity contribution >= 4 is 16.6 Å². The highest BCUT2D eigenvalue weighted by Crippen LogP contribution is 2.25. The van der Waals surface area contributed by atoms with Gasteiger partial charge in [-0.1, -0.05) is 0 Å². The van der Waals surface area contributed by atoms with Crippen molar-refractivity contribution in [2.24, 2.45) is 0 Å². The SMILES string of the molecule is [AlH][O]c1ccncc1-c1ccncn1. The van der Waals surface area contributed by atoms with Gasteiger partial charge in [-0.2, -0.15) is 0 Å². The van der Waals surface area contributed by atoms with Crippen LogP contribution < -0.4 is 3.79 Å². The van der Waals surface area contributed by atoms with E-state index in [-0.39, 0.29) is 0 Å². The molecule has 0 aromatic carbocycles. The first-order valence-electron chi connectivity index (χ1n) is 4.04. The van der Waals surface area contributed by atoms with Crippen LogP contribution >= 0.6 is 0 Å². The summed E-state index contributed by atoms with van der Waals surface area (Å²) in [6.45, 7) is 0. The molecule has 0 saturated carbocycles. The molecule has 2 heterocycles. The highest BCUT2D eigenvalue weighted by molar-refractivity contribution is 6.00. The second-order valence-electron chi connectivity index (χ2n) is 2.61. The van der Waals surface area contributed by atoms with Gasteiger partial charge in [-0.3, -0.25) is 4.98 Å². The molecule has 0 spiro atoms. The Balaban J connectivity index is 2.51. The van der Waals surface area contributed by atoms with Crippen molar-refractivity contribution in [3.05, 3.63) is 37.1 Å². The number of rotatable bonds is 2. The van der Waals surface area contributed by atoms with Crippen LogP contribution in [0.15, 0.2) is 37.1 Å². The summed E-state index contributed by atoms with van der Waals surface area (Å²) in [7, 11) is 0. The topological polar surface area (TPSA) is 47.9 Å². The van der Waals surface area contributed by atoms with Crippen molar-refractivity contribution in [3.8, 4) is 17.0 Å². The third kappa shape index (κ3) is 1.74. The van der Waals surface area contributed by atoms with Crippen molar-refractivity contribution in [2.75, 3.05) is 0 Å². The summed E-state index contributed by atoms with van der Waals surface area (Å²) < 4.78 is 5.23. The van der Waals surface area contributed by atoms with E-state index in [1.54, 1.807) is 18.6 Å². The zero-order chi connectivity index (χ0) is 9.80. The van der Waals surface area contributed by atoms with Crippen molar-refractivity contribution in [2.45, 2.75) is 0 Å². The molecule has 0 bridgehead atoms. The van der Waals surface area contributed by atoms with Gasteiger partial charge in [0.05, 0.1) is 17.0 Å². The second kappa shape index (κ2) is 4.18. The maximum Gasteiger partial charge on any atom is 0.494 e. The summed E-state index contributed by atoms with van der Waals surface area (Å²) in [5, 5.41) is 0. The van der Waals surface area contributed by atoms with Gasteiger partial charge >= 0.3 is 16.6 Å². The zero-order valence-corrected chi connectivity index (χ0v) is 8.84. The summed E-state index contributed by atoms with van der Waals surface area (Å²) in [5.74, 6) is 0.775. The van der Waals surface area contributed by atoms with Gasteiger partial charge in [0.1, 0.15) is 6.33 Å². The quantitative estimate of drug-likeness (QED) is 0.670. The third-order valence-corrected chi connectivity index (χ3v) is 2.11. The first kappa shape index (κ1) is 9.13. The molecule has 0 unspecified atom stereocenters. The summed E-state index contributed by atoms with van der Waals surface area (Å²) in [5.41, 5.74) is 1.69. The van der Waals surface area contributed by atoms with E-state index in [2.05, 4.69) is 15.0 Å². The first-order valence-corrected chi connectivity index (χ1v) is 4.62. The Morgan fingerprint density at radius 3 is 2.71 bits per heavy atom. The maximum absolute atomic E-state index is 5.23. The molecule has 0 fully saturated rings. The highest BCUT2D eigenvalue weighted by atomic mass is 27.1. The van der Waals surface area contributed by atoms with Crippen LogP contribution in [0.3, 0.4) is 0 Å². The van der Waals surface area contributed by atoms with Gasteiger partial charge in [-0.25, -0.2) is 9.97 Å². The minimum Gasteiger partial charge on any atom is -0.650 e. The second-order valence-corrected chi connectivity index (χ2v) is 2.90. The number of nitrogens with zero attached hydrogens (tertiary/aromatic N) is 3. The fourth-order valence-corrected chi connectivity index (χ4v) is 1.40. The lowest BCUT2D eigenvalue weighted by Gasteiger charge is -2.07. The van der Waals surface area contributed by atoms with Crippen molar-refractivity contribution in [3.63, 3.8) is 0 Å². The molecule has 0 atom stereocenters. The fourth-order valence-electron chi connectivity index (χ4n) is 1.15. The standard InChI is InChI=1S/C9H7N3O.Al.H/c13-9-2-4-10-5-7(9)8-1-3-11-6-12-8;;/h1-6H,(H,10,13);;/q;+1;/p-1. The average Bonchev–Trinajstić information content (AvgIpc) is 2.30. The molecule has 1 radical (unpaired) electrons. The van der Waals surface area contributed by atoms with Crippen LogP contribution in [0.2, 0.25) is 0 Å². The molecule has 4 nitrogen and oxygen atoms in total. The number of pyridine rings is 1. The lowest BCUT2D eigenvalue weighted by atomic mass is 10.2. The van der Waals surface area contributed by atoms with Crippen LogP contribution in [-0.4, -0.2) is 31.6 Å². The molecule has 0 amide bonds. The Labute approximate surface area is 89.8 Å². The van der Waals surface area contributed by atoms with Gasteiger partial charge in [0, 0.05) is 18.6 Å². The third-order valence-electron chi connectivity index (χ3n) is 1.79. The van der Waals surface area contributed by atoms with Gasteiger partial charge in [-0.05, 0) is 12.1 Å². The summed E-state index contributed by atoms with van der Waals surface area (Å²) >= 11 is 1.43. The van der Waals surface area contributed by atoms with Gasteiger partial charge in [-0.15, -0.1) is 0 Å². The molecule has 0 aliphatic heterocycles. The minimum absolute atomic E-state index is 0.775. The van der Waals surface area contributed by atoms with Crippen molar-refractivity contribution in [1.29, 1.82) is 0 Å². The van der Waals surface area contributed by atoms with E-state index in [4.69, 9.17) is 3.79 Å². The molecular weight excluding hydrogens is 193 g/mol. The molecule has 0 saturated heterocycles. The molecule has 0 aliphatic carbocycles. The van der Waals surface area contributed by atoms with E-state index >= 15 is 0 Å². The van der Waals surface area contributed by atoms with Crippen LogP contribution in [0.1, 0.15) is 0 Å². The van der Waals surface area contributed by atoms with Crippen LogP contribution in [-0.2, 0) is 0 Å². The monoisotopic (exact) mass is 200 g/mol. The zero-order valence-electron chi connectivity index (χ0n) is 7.42. The predicted molar refractivity (Wildman–Crippen MR) is 53.0 cm³/mol. The van der Waals surface area contributed by atoms with E-state index in [1.165, 1.54) is 23.0 Å². The maximum atomic E-state index is 5.23. The van der Waals surface area contributed by atoms with Gasteiger partial charge in [0.15, 0.2) is 0 Å². The summed E-state index contributed by atoms with van der Waals surface area (Å²) in [6, 6.07) is 3.63. The Morgan fingerprint density at radius 2 is 2.00 bits per heavy atom. The molecule has 0 aliphatic rings. The van der Waals surface area contributed by atoms with Gasteiger partial charge < -0.3 is 3.79 Å². The van der Waals surface area contributed by atoms with Crippen LogP contribution in [0.5, 0.6) is 5.75 Å². The lowest BCUT2D eigenvalue weighted by molar-refractivity contribution is 0.617. The number of hydrogen-bond acceptors (Lipinski definition) is 4. The van der Waals surface area contributed by atoms with Gasteiger partial charge in [0.25, 0.3) is 0 Å². The molecule has 2 rings (SSSR count).